The van der Waals surface area contributed by atoms with E-state index in [9.17, 15) is 14.4 Å². The highest BCUT2D eigenvalue weighted by Gasteiger charge is 2.54. The molecule has 2 aliphatic heterocycles. The van der Waals surface area contributed by atoms with Crippen molar-refractivity contribution in [3.63, 3.8) is 0 Å². The Kier molecular flexibility index (Phi) is 5.19. The molecule has 7 nitrogen and oxygen atoms in total. The second kappa shape index (κ2) is 7.76. The molecule has 4 rings (SSSR count). The summed E-state index contributed by atoms with van der Waals surface area (Å²) in [5.74, 6) is 0.287. The lowest BCUT2D eigenvalue weighted by Crippen LogP contribution is -2.70. The zero-order valence-electron chi connectivity index (χ0n) is 14.6. The molecule has 1 aromatic heterocycles. The number of benzene rings is 1. The average molecular weight is 412 g/mol. The molecule has 0 bridgehead atoms. The fraction of sp³-hybridized carbons (Fsp3) is 0.211. The van der Waals surface area contributed by atoms with Crippen molar-refractivity contribution in [1.82, 2.24) is 20.2 Å². The Bertz CT molecular complexity index is 966. The van der Waals surface area contributed by atoms with Crippen LogP contribution in [0.5, 0.6) is 0 Å². The zero-order chi connectivity index (χ0) is 19.7. The van der Waals surface area contributed by atoms with Crippen LogP contribution in [0.4, 0.5) is 0 Å². The third kappa shape index (κ3) is 3.43. The van der Waals surface area contributed by atoms with Crippen LogP contribution in [-0.4, -0.2) is 49.0 Å². The standard InChI is InChI=1S/C19H16N4O3S2/c24-13(9-11-5-2-1-3-6-11)22-14-17(25)23-15(19(26)27)12(10-28-18(14)23)16-20-7-4-8-21-16/h1-8,14,18H,9-10H2,(H,22,24)(H,26,27)/t14-,18-/m1/s1. The van der Waals surface area contributed by atoms with E-state index in [0.717, 1.165) is 5.56 Å². The third-order valence-corrected chi connectivity index (χ3v) is 6.02. The zero-order valence-corrected chi connectivity index (χ0v) is 16.3. The second-order valence-electron chi connectivity index (χ2n) is 6.32. The Balaban J connectivity index is 1.52. The Morgan fingerprint density at radius 3 is 2.57 bits per heavy atom. The first kappa shape index (κ1) is 18.7. The minimum atomic E-state index is -0.665. The fourth-order valence-corrected chi connectivity index (χ4v) is 4.83. The number of nitrogens with zero attached hydrogens (tertiary/aromatic N) is 3. The predicted molar refractivity (Wildman–Crippen MR) is 108 cm³/mol. The lowest BCUT2D eigenvalue weighted by molar-refractivity contribution is -0.146. The van der Waals surface area contributed by atoms with Gasteiger partial charge in [-0.15, -0.1) is 11.8 Å². The van der Waals surface area contributed by atoms with Gasteiger partial charge in [-0.25, -0.2) is 9.97 Å². The van der Waals surface area contributed by atoms with Crippen LogP contribution in [0.1, 0.15) is 11.4 Å². The number of aromatic nitrogens is 2. The summed E-state index contributed by atoms with van der Waals surface area (Å²) < 4.78 is 0. The summed E-state index contributed by atoms with van der Waals surface area (Å²) in [5, 5.41) is 1.93. The Hall–Kier alpha value is -2.65. The topological polar surface area (TPSA) is 92.3 Å². The van der Waals surface area contributed by atoms with Gasteiger partial charge in [0.05, 0.1) is 6.42 Å². The molecule has 9 heteroatoms. The van der Waals surface area contributed by atoms with E-state index in [1.54, 1.807) is 18.5 Å². The van der Waals surface area contributed by atoms with Crippen LogP contribution < -0.4 is 5.32 Å². The first-order valence-corrected chi connectivity index (χ1v) is 10.1. The number of thioether (sulfide) groups is 1. The van der Waals surface area contributed by atoms with Crippen LogP contribution in [0.25, 0.3) is 5.57 Å². The molecule has 2 aliphatic rings. The van der Waals surface area contributed by atoms with Crippen molar-refractivity contribution in [3.8, 4) is 0 Å². The summed E-state index contributed by atoms with van der Waals surface area (Å²) in [4.78, 5) is 46.9. The van der Waals surface area contributed by atoms with E-state index >= 15 is 0 Å². The highest BCUT2D eigenvalue weighted by atomic mass is 32.2. The number of carbonyl (C=O) groups is 3. The van der Waals surface area contributed by atoms with Crippen molar-refractivity contribution in [2.75, 3.05) is 5.75 Å². The number of carbonyl (C=O) groups excluding carboxylic acids is 3. The van der Waals surface area contributed by atoms with Gasteiger partial charge in [0.15, 0.2) is 5.82 Å². The summed E-state index contributed by atoms with van der Waals surface area (Å²) in [6.45, 7) is 0. The molecule has 28 heavy (non-hydrogen) atoms. The minimum absolute atomic E-state index is 0.192. The smallest absolute Gasteiger partial charge is 0.253 e. The van der Waals surface area contributed by atoms with Gasteiger partial charge < -0.3 is 5.32 Å². The van der Waals surface area contributed by atoms with Gasteiger partial charge in [0.25, 0.3) is 5.91 Å². The van der Waals surface area contributed by atoms with Crippen molar-refractivity contribution in [2.45, 2.75) is 17.8 Å². The van der Waals surface area contributed by atoms with E-state index in [1.165, 1.54) is 16.7 Å². The number of thiol groups is 1. The van der Waals surface area contributed by atoms with E-state index in [4.69, 9.17) is 0 Å². The molecule has 0 spiro atoms. The second-order valence-corrected chi connectivity index (χ2v) is 7.83. The summed E-state index contributed by atoms with van der Waals surface area (Å²) in [6.07, 6.45) is 3.35. The van der Waals surface area contributed by atoms with Crippen LogP contribution in [0, 0.1) is 0 Å². The summed E-state index contributed by atoms with van der Waals surface area (Å²) >= 11 is 5.41. The lowest BCUT2D eigenvalue weighted by atomic mass is 10.0. The molecular weight excluding hydrogens is 396 g/mol. The number of nitrogens with one attached hydrogen (secondary N) is 1. The van der Waals surface area contributed by atoms with Gasteiger partial charge in [-0.2, -0.15) is 0 Å². The summed E-state index contributed by atoms with van der Waals surface area (Å²) in [6, 6.07) is 10.3. The molecule has 0 radical (unpaired) electrons. The highest BCUT2D eigenvalue weighted by Crippen LogP contribution is 2.43. The molecule has 3 heterocycles. The molecule has 1 aromatic carbocycles. The molecule has 2 amide bonds. The van der Waals surface area contributed by atoms with Gasteiger partial charge in [0.2, 0.25) is 11.0 Å². The van der Waals surface area contributed by atoms with Crippen LogP contribution in [0.2, 0.25) is 0 Å². The van der Waals surface area contributed by atoms with Gasteiger partial charge >= 0.3 is 0 Å². The average Bonchev–Trinajstić information content (AvgIpc) is 2.72. The molecular formula is C19H16N4O3S2. The largest absolute Gasteiger partial charge is 0.341 e. The normalized spacial score (nSPS) is 21.0. The molecule has 0 saturated carbocycles. The highest BCUT2D eigenvalue weighted by molar-refractivity contribution is 8.00. The Labute approximate surface area is 171 Å². The van der Waals surface area contributed by atoms with Gasteiger partial charge in [-0.1, -0.05) is 43.0 Å². The molecule has 0 aliphatic carbocycles. The number of rotatable bonds is 5. The fourth-order valence-electron chi connectivity index (χ4n) is 3.25. The number of hydrogen-bond donors (Lipinski definition) is 2. The van der Waals surface area contributed by atoms with Gasteiger partial charge in [-0.3, -0.25) is 19.3 Å². The maximum Gasteiger partial charge on any atom is 0.253 e. The molecule has 2 aromatic rings. The SMILES string of the molecule is O=C(Cc1ccccc1)N[C@@H]1C(=O)N2C(C(=O)S)=C(c3ncccn3)CS[C@H]12. The number of β-lactam (4-membered cyclic amide) rings is 1. The van der Waals surface area contributed by atoms with E-state index in [0.29, 0.717) is 17.2 Å². The van der Waals surface area contributed by atoms with Crippen molar-refractivity contribution in [1.29, 1.82) is 0 Å². The van der Waals surface area contributed by atoms with E-state index in [-0.39, 0.29) is 29.3 Å². The molecule has 1 saturated heterocycles. The van der Waals surface area contributed by atoms with Crippen LogP contribution in [-0.2, 0) is 20.8 Å². The number of hydrogen-bond acceptors (Lipinski definition) is 6. The van der Waals surface area contributed by atoms with Gasteiger partial charge in [-0.05, 0) is 11.6 Å². The monoisotopic (exact) mass is 412 g/mol. The van der Waals surface area contributed by atoms with E-state index < -0.39 is 11.2 Å². The van der Waals surface area contributed by atoms with E-state index in [2.05, 4.69) is 27.9 Å². The molecule has 2 atom stereocenters. The Morgan fingerprint density at radius 1 is 1.18 bits per heavy atom. The van der Waals surface area contributed by atoms with Crippen LogP contribution in [0.15, 0.2) is 54.5 Å². The maximum absolute atomic E-state index is 12.7. The van der Waals surface area contributed by atoms with Crippen molar-refractivity contribution in [3.05, 3.63) is 65.9 Å². The lowest BCUT2D eigenvalue weighted by Gasteiger charge is -2.49. The van der Waals surface area contributed by atoms with Crippen molar-refractivity contribution in [2.24, 2.45) is 0 Å². The Morgan fingerprint density at radius 2 is 1.89 bits per heavy atom. The predicted octanol–water partition coefficient (Wildman–Crippen LogP) is 1.29. The van der Waals surface area contributed by atoms with Crippen LogP contribution >= 0.6 is 24.4 Å². The molecule has 0 unspecified atom stereocenters. The van der Waals surface area contributed by atoms with E-state index in [1.807, 2.05) is 30.3 Å². The summed E-state index contributed by atoms with van der Waals surface area (Å²) in [5.41, 5.74) is 1.63. The van der Waals surface area contributed by atoms with Crippen molar-refractivity contribution >= 4 is 46.9 Å². The van der Waals surface area contributed by atoms with Gasteiger partial charge in [0.1, 0.15) is 17.1 Å². The molecule has 1 fully saturated rings. The first-order valence-electron chi connectivity index (χ1n) is 8.58. The minimum Gasteiger partial charge on any atom is -0.341 e. The van der Waals surface area contributed by atoms with Gasteiger partial charge in [0, 0.05) is 23.7 Å². The number of amides is 2. The molecule has 142 valence electrons. The quantitative estimate of drug-likeness (QED) is 0.568. The summed E-state index contributed by atoms with van der Waals surface area (Å²) in [7, 11) is 0. The first-order chi connectivity index (χ1) is 13.6. The van der Waals surface area contributed by atoms with Crippen molar-refractivity contribution < 1.29 is 14.4 Å². The maximum atomic E-state index is 12.7. The van der Waals surface area contributed by atoms with Crippen LogP contribution in [0.3, 0.4) is 0 Å². The molecule has 1 N–H and O–H groups in total. The third-order valence-electron chi connectivity index (χ3n) is 4.53. The number of fused-ring (bicyclic) bond motifs is 1.